The van der Waals surface area contributed by atoms with Crippen LogP contribution in [0.1, 0.15) is 19.8 Å². The Kier molecular flexibility index (Phi) is 4.58. The van der Waals surface area contributed by atoms with Gasteiger partial charge in [-0.3, -0.25) is 9.69 Å². The molecule has 0 spiro atoms. The molecule has 1 unspecified atom stereocenters. The number of hydrogen-bond acceptors (Lipinski definition) is 2. The number of nitrogens with zero attached hydrogens (tertiary/aromatic N) is 1. The molecule has 0 saturated carbocycles. The van der Waals surface area contributed by atoms with Gasteiger partial charge in [0.2, 0.25) is 5.91 Å². The van der Waals surface area contributed by atoms with Gasteiger partial charge in [-0.1, -0.05) is 6.92 Å². The quantitative estimate of drug-likeness (QED) is 0.803. The summed E-state index contributed by atoms with van der Waals surface area (Å²) in [7, 11) is 0. The van der Waals surface area contributed by atoms with E-state index < -0.39 is 12.7 Å². The molecule has 1 saturated heterocycles. The van der Waals surface area contributed by atoms with Crippen LogP contribution in [0.3, 0.4) is 0 Å². The van der Waals surface area contributed by atoms with Crippen LogP contribution in [0.5, 0.6) is 0 Å². The summed E-state index contributed by atoms with van der Waals surface area (Å²) < 4.78 is 36.3. The van der Waals surface area contributed by atoms with Crippen LogP contribution in [0.4, 0.5) is 13.2 Å². The molecular formula is C10H17F3N2O. The fourth-order valence-corrected chi connectivity index (χ4v) is 1.86. The van der Waals surface area contributed by atoms with Gasteiger partial charge in [0.25, 0.3) is 0 Å². The van der Waals surface area contributed by atoms with Crippen LogP contribution in [-0.4, -0.2) is 43.2 Å². The summed E-state index contributed by atoms with van der Waals surface area (Å²) in [5.74, 6) is 0.104. The van der Waals surface area contributed by atoms with Crippen LogP contribution in [0.2, 0.25) is 0 Å². The van der Waals surface area contributed by atoms with Gasteiger partial charge in [0.15, 0.2) is 0 Å². The van der Waals surface area contributed by atoms with E-state index in [1.807, 2.05) is 0 Å². The van der Waals surface area contributed by atoms with Crippen molar-refractivity contribution in [1.82, 2.24) is 10.2 Å². The number of hydrogen-bond donors (Lipinski definition) is 1. The summed E-state index contributed by atoms with van der Waals surface area (Å²) in [6.07, 6.45) is -2.99. The van der Waals surface area contributed by atoms with E-state index in [2.05, 4.69) is 5.32 Å². The first-order chi connectivity index (χ1) is 7.40. The Balaban J connectivity index is 2.22. The van der Waals surface area contributed by atoms with Gasteiger partial charge in [0, 0.05) is 19.5 Å². The zero-order valence-corrected chi connectivity index (χ0v) is 9.31. The van der Waals surface area contributed by atoms with Crippen LogP contribution in [0.15, 0.2) is 0 Å². The van der Waals surface area contributed by atoms with Crippen molar-refractivity contribution in [3.63, 3.8) is 0 Å². The van der Waals surface area contributed by atoms with E-state index in [9.17, 15) is 18.0 Å². The topological polar surface area (TPSA) is 32.3 Å². The average Bonchev–Trinajstić information content (AvgIpc) is 2.59. The van der Waals surface area contributed by atoms with Crippen LogP contribution < -0.4 is 5.32 Å². The Morgan fingerprint density at radius 1 is 1.50 bits per heavy atom. The molecule has 16 heavy (non-hydrogen) atoms. The van der Waals surface area contributed by atoms with E-state index in [1.54, 1.807) is 6.92 Å². The molecule has 1 N–H and O–H groups in total. The lowest BCUT2D eigenvalue weighted by atomic mass is 10.1. The van der Waals surface area contributed by atoms with Gasteiger partial charge < -0.3 is 5.32 Å². The van der Waals surface area contributed by atoms with E-state index in [-0.39, 0.29) is 11.8 Å². The summed E-state index contributed by atoms with van der Waals surface area (Å²) in [5, 5.41) is 2.71. The SMILES string of the molecule is CCC(=O)NCC1CCN(CC(F)(F)F)C1. The monoisotopic (exact) mass is 238 g/mol. The van der Waals surface area contributed by atoms with Gasteiger partial charge in [-0.05, 0) is 18.9 Å². The molecule has 1 aliphatic heterocycles. The second-order valence-corrected chi connectivity index (χ2v) is 4.16. The average molecular weight is 238 g/mol. The number of nitrogens with one attached hydrogen (secondary N) is 1. The highest BCUT2D eigenvalue weighted by atomic mass is 19.4. The van der Waals surface area contributed by atoms with Gasteiger partial charge in [-0.2, -0.15) is 13.2 Å². The Hall–Kier alpha value is -0.780. The molecule has 1 heterocycles. The maximum atomic E-state index is 12.1. The van der Waals surface area contributed by atoms with E-state index >= 15 is 0 Å². The van der Waals surface area contributed by atoms with Crippen molar-refractivity contribution in [3.05, 3.63) is 0 Å². The third kappa shape index (κ3) is 4.83. The molecule has 0 bridgehead atoms. The van der Waals surface area contributed by atoms with E-state index in [0.717, 1.165) is 6.42 Å². The first kappa shape index (κ1) is 13.3. The highest BCUT2D eigenvalue weighted by Crippen LogP contribution is 2.22. The Bertz CT molecular complexity index is 243. The van der Waals surface area contributed by atoms with E-state index in [0.29, 0.717) is 26.1 Å². The minimum absolute atomic E-state index is 0.0470. The predicted molar refractivity (Wildman–Crippen MR) is 53.9 cm³/mol. The molecule has 1 fully saturated rings. The minimum atomic E-state index is -4.12. The molecule has 3 nitrogen and oxygen atoms in total. The van der Waals surface area contributed by atoms with Crippen molar-refractivity contribution in [2.45, 2.75) is 25.9 Å². The fourth-order valence-electron chi connectivity index (χ4n) is 1.86. The molecule has 0 aromatic carbocycles. The molecule has 94 valence electrons. The van der Waals surface area contributed by atoms with Crippen LogP contribution in [-0.2, 0) is 4.79 Å². The van der Waals surface area contributed by atoms with Gasteiger partial charge >= 0.3 is 6.18 Å². The number of likely N-dealkylation sites (tertiary alicyclic amines) is 1. The third-order valence-corrected chi connectivity index (χ3v) is 2.68. The maximum absolute atomic E-state index is 12.1. The first-order valence-electron chi connectivity index (χ1n) is 5.46. The summed E-state index contributed by atoms with van der Waals surface area (Å²) in [4.78, 5) is 12.4. The van der Waals surface area contributed by atoms with Crippen molar-refractivity contribution >= 4 is 5.91 Å². The molecule has 0 aliphatic carbocycles. The lowest BCUT2D eigenvalue weighted by Gasteiger charge is -2.17. The molecule has 6 heteroatoms. The number of alkyl halides is 3. The summed E-state index contributed by atoms with van der Waals surface area (Å²) >= 11 is 0. The Labute approximate surface area is 93.0 Å². The Morgan fingerprint density at radius 3 is 2.75 bits per heavy atom. The minimum Gasteiger partial charge on any atom is -0.356 e. The Morgan fingerprint density at radius 2 is 2.19 bits per heavy atom. The maximum Gasteiger partial charge on any atom is 0.401 e. The molecular weight excluding hydrogens is 221 g/mol. The van der Waals surface area contributed by atoms with Crippen molar-refractivity contribution in [2.24, 2.45) is 5.92 Å². The van der Waals surface area contributed by atoms with E-state index in [4.69, 9.17) is 0 Å². The van der Waals surface area contributed by atoms with Gasteiger partial charge in [-0.15, -0.1) is 0 Å². The second kappa shape index (κ2) is 5.52. The molecule has 1 aliphatic rings. The largest absolute Gasteiger partial charge is 0.401 e. The van der Waals surface area contributed by atoms with Crippen LogP contribution in [0.25, 0.3) is 0 Å². The third-order valence-electron chi connectivity index (χ3n) is 2.68. The highest BCUT2D eigenvalue weighted by Gasteiger charge is 2.34. The zero-order valence-electron chi connectivity index (χ0n) is 9.31. The summed E-state index contributed by atoms with van der Waals surface area (Å²) in [6, 6.07) is 0. The molecule has 0 aromatic heterocycles. The van der Waals surface area contributed by atoms with Gasteiger partial charge in [0.1, 0.15) is 0 Å². The molecule has 0 aromatic rings. The van der Waals surface area contributed by atoms with E-state index in [1.165, 1.54) is 4.90 Å². The van der Waals surface area contributed by atoms with Gasteiger partial charge in [-0.25, -0.2) is 0 Å². The number of carbonyl (C=O) groups excluding carboxylic acids is 1. The second-order valence-electron chi connectivity index (χ2n) is 4.16. The van der Waals surface area contributed by atoms with Crippen molar-refractivity contribution in [2.75, 3.05) is 26.2 Å². The summed E-state index contributed by atoms with van der Waals surface area (Å²) in [6.45, 7) is 2.28. The number of amides is 1. The smallest absolute Gasteiger partial charge is 0.356 e. The lowest BCUT2D eigenvalue weighted by molar-refractivity contribution is -0.143. The summed E-state index contributed by atoms with van der Waals surface area (Å²) in [5.41, 5.74) is 0. The van der Waals surface area contributed by atoms with Crippen molar-refractivity contribution in [1.29, 1.82) is 0 Å². The van der Waals surface area contributed by atoms with Crippen molar-refractivity contribution < 1.29 is 18.0 Å². The first-order valence-corrected chi connectivity index (χ1v) is 5.46. The number of halogens is 3. The van der Waals surface area contributed by atoms with Crippen LogP contribution in [0, 0.1) is 5.92 Å². The highest BCUT2D eigenvalue weighted by molar-refractivity contribution is 5.75. The van der Waals surface area contributed by atoms with Gasteiger partial charge in [0.05, 0.1) is 6.54 Å². The zero-order chi connectivity index (χ0) is 12.2. The number of rotatable bonds is 4. The molecule has 1 atom stereocenters. The lowest BCUT2D eigenvalue weighted by Crippen LogP contribution is -2.34. The molecule has 0 radical (unpaired) electrons. The van der Waals surface area contributed by atoms with Crippen molar-refractivity contribution in [3.8, 4) is 0 Å². The fraction of sp³-hybridized carbons (Fsp3) is 0.900. The molecule has 1 amide bonds. The standard InChI is InChI=1S/C10H17F3N2O/c1-2-9(16)14-5-8-3-4-15(6-8)7-10(11,12)13/h8H,2-7H2,1H3,(H,14,16). The number of carbonyl (C=O) groups is 1. The van der Waals surface area contributed by atoms with Crippen LogP contribution >= 0.6 is 0 Å². The molecule has 1 rings (SSSR count). The normalized spacial score (nSPS) is 22.4. The predicted octanol–water partition coefficient (Wildman–Crippen LogP) is 1.40.